The zero-order valence-corrected chi connectivity index (χ0v) is 14.4. The van der Waals surface area contributed by atoms with Crippen molar-refractivity contribution >= 4 is 5.91 Å². The van der Waals surface area contributed by atoms with Crippen molar-refractivity contribution in [2.75, 3.05) is 34.0 Å². The summed E-state index contributed by atoms with van der Waals surface area (Å²) < 4.78 is 21.9. The van der Waals surface area contributed by atoms with Crippen molar-refractivity contribution in [3.8, 4) is 23.0 Å². The number of methoxy groups -OCH3 is 1. The lowest BCUT2D eigenvalue weighted by atomic mass is 10.2. The molecule has 0 aromatic heterocycles. The van der Waals surface area contributed by atoms with Gasteiger partial charge in [-0.3, -0.25) is 4.79 Å². The Bertz CT molecular complexity index is 746. The first-order valence-corrected chi connectivity index (χ1v) is 8.05. The van der Waals surface area contributed by atoms with Crippen molar-refractivity contribution in [1.29, 1.82) is 0 Å². The first kappa shape index (κ1) is 17.0. The molecule has 6 nitrogen and oxygen atoms in total. The Morgan fingerprint density at radius 2 is 1.80 bits per heavy atom. The van der Waals surface area contributed by atoms with E-state index < -0.39 is 0 Å². The van der Waals surface area contributed by atoms with Gasteiger partial charge in [0.15, 0.2) is 29.6 Å². The van der Waals surface area contributed by atoms with Gasteiger partial charge in [0.2, 0.25) is 0 Å². The standard InChI is InChI=1S/C19H21NO5/c1-20(12-14-7-8-17-18(11-14)24-10-9-23-17)19(21)13-25-16-6-4-3-5-15(16)22-2/h3-8,11H,9-10,12-13H2,1-2H3. The molecular formula is C19H21NO5. The number of hydrogen-bond donors (Lipinski definition) is 0. The van der Waals surface area contributed by atoms with Crippen LogP contribution in [0.2, 0.25) is 0 Å². The van der Waals surface area contributed by atoms with Gasteiger partial charge in [-0.25, -0.2) is 0 Å². The van der Waals surface area contributed by atoms with Gasteiger partial charge >= 0.3 is 0 Å². The summed E-state index contributed by atoms with van der Waals surface area (Å²) in [5.74, 6) is 2.48. The van der Waals surface area contributed by atoms with Crippen LogP contribution in [-0.2, 0) is 11.3 Å². The van der Waals surface area contributed by atoms with E-state index in [1.165, 1.54) is 0 Å². The molecule has 1 aliphatic heterocycles. The zero-order valence-electron chi connectivity index (χ0n) is 14.4. The Hall–Kier alpha value is -2.89. The second-order valence-electron chi connectivity index (χ2n) is 5.67. The molecule has 0 radical (unpaired) electrons. The van der Waals surface area contributed by atoms with Gasteiger partial charge in [0.1, 0.15) is 13.2 Å². The first-order chi connectivity index (χ1) is 12.2. The van der Waals surface area contributed by atoms with Crippen LogP contribution in [0.15, 0.2) is 42.5 Å². The molecule has 0 bridgehead atoms. The van der Waals surface area contributed by atoms with Crippen LogP contribution in [-0.4, -0.2) is 44.8 Å². The lowest BCUT2D eigenvalue weighted by Crippen LogP contribution is -2.31. The third-order valence-corrected chi connectivity index (χ3v) is 3.87. The van der Waals surface area contributed by atoms with Gasteiger partial charge in [-0.1, -0.05) is 18.2 Å². The molecular weight excluding hydrogens is 322 g/mol. The van der Waals surface area contributed by atoms with Gasteiger partial charge in [0.25, 0.3) is 5.91 Å². The summed E-state index contributed by atoms with van der Waals surface area (Å²) in [4.78, 5) is 13.9. The summed E-state index contributed by atoms with van der Waals surface area (Å²) in [5.41, 5.74) is 0.970. The van der Waals surface area contributed by atoms with E-state index in [2.05, 4.69) is 0 Å². The van der Waals surface area contributed by atoms with E-state index in [4.69, 9.17) is 18.9 Å². The lowest BCUT2D eigenvalue weighted by Gasteiger charge is -2.21. The molecule has 25 heavy (non-hydrogen) atoms. The molecule has 0 atom stereocenters. The molecule has 0 N–H and O–H groups in total. The largest absolute Gasteiger partial charge is 0.493 e. The topological polar surface area (TPSA) is 57.2 Å². The fourth-order valence-electron chi connectivity index (χ4n) is 2.54. The molecule has 1 aliphatic rings. The number of hydrogen-bond acceptors (Lipinski definition) is 5. The molecule has 6 heteroatoms. The quantitative estimate of drug-likeness (QED) is 0.807. The third-order valence-electron chi connectivity index (χ3n) is 3.87. The van der Waals surface area contributed by atoms with E-state index in [9.17, 15) is 4.79 Å². The molecule has 0 fully saturated rings. The number of carbonyl (C=O) groups is 1. The second-order valence-corrected chi connectivity index (χ2v) is 5.67. The summed E-state index contributed by atoms with van der Waals surface area (Å²) >= 11 is 0. The Morgan fingerprint density at radius 3 is 2.56 bits per heavy atom. The van der Waals surface area contributed by atoms with Gasteiger partial charge in [0.05, 0.1) is 7.11 Å². The average molecular weight is 343 g/mol. The Labute approximate surface area is 146 Å². The number of carbonyl (C=O) groups excluding carboxylic acids is 1. The smallest absolute Gasteiger partial charge is 0.260 e. The van der Waals surface area contributed by atoms with Crippen LogP contribution in [0.3, 0.4) is 0 Å². The summed E-state index contributed by atoms with van der Waals surface area (Å²) in [7, 11) is 3.31. The van der Waals surface area contributed by atoms with Gasteiger partial charge in [-0.2, -0.15) is 0 Å². The number of benzene rings is 2. The van der Waals surface area contributed by atoms with Gasteiger partial charge in [0, 0.05) is 13.6 Å². The second kappa shape index (κ2) is 7.79. The predicted octanol–water partition coefficient (Wildman–Crippen LogP) is 2.50. The number of para-hydroxylation sites is 2. The van der Waals surface area contributed by atoms with E-state index in [0.717, 1.165) is 17.1 Å². The summed E-state index contributed by atoms with van der Waals surface area (Å²) in [5, 5.41) is 0. The summed E-state index contributed by atoms with van der Waals surface area (Å²) in [6, 6.07) is 12.9. The van der Waals surface area contributed by atoms with Crippen LogP contribution in [0.4, 0.5) is 0 Å². The molecule has 2 aromatic carbocycles. The van der Waals surface area contributed by atoms with Crippen molar-refractivity contribution in [2.24, 2.45) is 0 Å². The molecule has 0 saturated carbocycles. The minimum atomic E-state index is -0.124. The van der Waals surface area contributed by atoms with Crippen molar-refractivity contribution < 1.29 is 23.7 Å². The maximum Gasteiger partial charge on any atom is 0.260 e. The molecule has 0 unspecified atom stereocenters. The minimum absolute atomic E-state index is 0.0541. The first-order valence-electron chi connectivity index (χ1n) is 8.05. The highest BCUT2D eigenvalue weighted by Gasteiger charge is 2.15. The van der Waals surface area contributed by atoms with E-state index in [1.54, 1.807) is 31.2 Å². The van der Waals surface area contributed by atoms with Crippen molar-refractivity contribution in [1.82, 2.24) is 4.90 Å². The van der Waals surface area contributed by atoms with Crippen LogP contribution in [0.1, 0.15) is 5.56 Å². The summed E-state index contributed by atoms with van der Waals surface area (Å²) in [6.07, 6.45) is 0. The maximum absolute atomic E-state index is 12.3. The van der Waals surface area contributed by atoms with Crippen molar-refractivity contribution in [3.05, 3.63) is 48.0 Å². The van der Waals surface area contributed by atoms with E-state index in [0.29, 0.717) is 31.3 Å². The Morgan fingerprint density at radius 1 is 1.08 bits per heavy atom. The minimum Gasteiger partial charge on any atom is -0.493 e. The molecule has 0 aliphatic carbocycles. The fraction of sp³-hybridized carbons (Fsp3) is 0.316. The van der Waals surface area contributed by atoms with Crippen LogP contribution >= 0.6 is 0 Å². The molecule has 0 saturated heterocycles. The highest BCUT2D eigenvalue weighted by molar-refractivity contribution is 5.77. The summed E-state index contributed by atoms with van der Waals surface area (Å²) in [6.45, 7) is 1.51. The predicted molar refractivity (Wildman–Crippen MR) is 92.4 cm³/mol. The molecule has 2 aromatic rings. The number of ether oxygens (including phenoxy) is 4. The zero-order chi connectivity index (χ0) is 17.6. The Balaban J connectivity index is 1.57. The highest BCUT2D eigenvalue weighted by atomic mass is 16.6. The SMILES string of the molecule is COc1ccccc1OCC(=O)N(C)Cc1ccc2c(c1)OCCO2. The fourth-order valence-corrected chi connectivity index (χ4v) is 2.54. The number of nitrogens with zero attached hydrogens (tertiary/aromatic N) is 1. The normalized spacial score (nSPS) is 12.4. The van der Waals surface area contributed by atoms with E-state index >= 15 is 0 Å². The molecule has 1 heterocycles. The van der Waals surface area contributed by atoms with Crippen LogP contribution in [0, 0.1) is 0 Å². The molecule has 3 rings (SSSR count). The Kier molecular flexibility index (Phi) is 5.28. The van der Waals surface area contributed by atoms with Gasteiger partial charge in [-0.15, -0.1) is 0 Å². The van der Waals surface area contributed by atoms with Crippen molar-refractivity contribution in [3.63, 3.8) is 0 Å². The van der Waals surface area contributed by atoms with Crippen LogP contribution < -0.4 is 18.9 Å². The van der Waals surface area contributed by atoms with Gasteiger partial charge < -0.3 is 23.8 Å². The van der Waals surface area contributed by atoms with E-state index in [-0.39, 0.29) is 12.5 Å². The van der Waals surface area contributed by atoms with Crippen LogP contribution in [0.5, 0.6) is 23.0 Å². The van der Waals surface area contributed by atoms with Gasteiger partial charge in [-0.05, 0) is 29.8 Å². The average Bonchev–Trinajstić information content (AvgIpc) is 2.66. The number of likely N-dealkylation sites (N-methyl/N-ethyl adjacent to an activating group) is 1. The molecule has 132 valence electrons. The molecule has 0 spiro atoms. The van der Waals surface area contributed by atoms with E-state index in [1.807, 2.05) is 30.3 Å². The molecule has 1 amide bonds. The van der Waals surface area contributed by atoms with Crippen molar-refractivity contribution in [2.45, 2.75) is 6.54 Å². The lowest BCUT2D eigenvalue weighted by molar-refractivity contribution is -0.132. The highest BCUT2D eigenvalue weighted by Crippen LogP contribution is 2.31. The maximum atomic E-state index is 12.3. The third kappa shape index (κ3) is 4.15. The number of amides is 1. The number of rotatable bonds is 6. The monoisotopic (exact) mass is 343 g/mol. The van der Waals surface area contributed by atoms with Crippen LogP contribution in [0.25, 0.3) is 0 Å². The number of fused-ring (bicyclic) bond motifs is 1.